The molecule has 0 unspecified atom stereocenters. The van der Waals surface area contributed by atoms with E-state index in [0.717, 1.165) is 0 Å². The minimum atomic E-state index is -1.31. The summed E-state index contributed by atoms with van der Waals surface area (Å²) in [6, 6.07) is 11.2. The first-order valence-electron chi connectivity index (χ1n) is 4.89. The van der Waals surface area contributed by atoms with Crippen molar-refractivity contribution in [3.8, 4) is 11.1 Å². The molecule has 2 heteroatoms. The maximum absolute atomic E-state index is 2.45. The maximum Gasteiger partial charge on any atom is 0.126 e. The lowest BCUT2D eigenvalue weighted by Crippen LogP contribution is -2.47. The van der Waals surface area contributed by atoms with Gasteiger partial charge in [0.05, 0.1) is 0 Å². The third kappa shape index (κ3) is 0.876. The molecule has 0 fully saturated rings. The standard InChI is InChI=1S/C12H12SSi/c1-14(2)11-6-4-3-5-9(11)10-7-8-13-12(10)14/h3-8H,1-2H3. The van der Waals surface area contributed by atoms with Crippen molar-refractivity contribution in [2.75, 3.05) is 0 Å². The van der Waals surface area contributed by atoms with Crippen LogP contribution in [0, 0.1) is 0 Å². The normalized spacial score (nSPS) is 16.4. The van der Waals surface area contributed by atoms with Gasteiger partial charge in [-0.15, -0.1) is 0 Å². The van der Waals surface area contributed by atoms with Crippen molar-refractivity contribution in [2.45, 2.75) is 13.1 Å². The molecule has 1 aliphatic rings. The third-order valence-corrected chi connectivity index (χ3v) is 8.92. The van der Waals surface area contributed by atoms with E-state index in [1.54, 1.807) is 9.69 Å². The molecule has 0 bridgehead atoms. The highest BCUT2D eigenvalue weighted by Crippen LogP contribution is 2.30. The molecule has 2 heterocycles. The predicted molar refractivity (Wildman–Crippen MR) is 66.5 cm³/mol. The lowest BCUT2D eigenvalue weighted by molar-refractivity contribution is 1.73. The van der Waals surface area contributed by atoms with Gasteiger partial charge in [-0.2, -0.15) is 11.3 Å². The van der Waals surface area contributed by atoms with Gasteiger partial charge < -0.3 is 0 Å². The highest BCUT2D eigenvalue weighted by atomic mass is 32.1. The monoisotopic (exact) mass is 216 g/mol. The first-order chi connectivity index (χ1) is 6.71. The lowest BCUT2D eigenvalue weighted by Gasteiger charge is -2.16. The maximum atomic E-state index is 2.45. The largest absolute Gasteiger partial charge is 0.153 e. The Labute approximate surface area is 89.2 Å². The van der Waals surface area contributed by atoms with Crippen LogP contribution in [0.4, 0.5) is 0 Å². The van der Waals surface area contributed by atoms with Crippen LogP contribution in [0.2, 0.25) is 13.1 Å². The average Bonchev–Trinajstić information content (AvgIpc) is 2.72. The fourth-order valence-corrected chi connectivity index (χ4v) is 7.29. The molecule has 14 heavy (non-hydrogen) atoms. The summed E-state index contributed by atoms with van der Waals surface area (Å²) in [6.07, 6.45) is 0. The molecule has 2 aromatic rings. The van der Waals surface area contributed by atoms with Crippen molar-refractivity contribution in [2.24, 2.45) is 0 Å². The topological polar surface area (TPSA) is 0 Å². The first kappa shape index (κ1) is 8.45. The number of fused-ring (bicyclic) bond motifs is 3. The summed E-state index contributed by atoms with van der Waals surface area (Å²) < 4.78 is 1.65. The molecular weight excluding hydrogens is 204 g/mol. The van der Waals surface area contributed by atoms with E-state index in [1.165, 1.54) is 11.1 Å². The van der Waals surface area contributed by atoms with Crippen LogP contribution >= 0.6 is 11.3 Å². The van der Waals surface area contributed by atoms with E-state index in [4.69, 9.17) is 0 Å². The molecule has 1 aromatic carbocycles. The van der Waals surface area contributed by atoms with E-state index in [9.17, 15) is 0 Å². The molecule has 0 aliphatic carbocycles. The zero-order valence-corrected chi connectivity index (χ0v) is 10.2. The van der Waals surface area contributed by atoms with E-state index >= 15 is 0 Å². The molecule has 0 radical (unpaired) electrons. The first-order valence-corrected chi connectivity index (χ1v) is 8.77. The highest BCUT2D eigenvalue weighted by molar-refractivity contribution is 7.30. The number of hydrogen-bond acceptors (Lipinski definition) is 1. The van der Waals surface area contributed by atoms with Gasteiger partial charge in [0.2, 0.25) is 0 Å². The van der Waals surface area contributed by atoms with E-state index in [0.29, 0.717) is 0 Å². The summed E-state index contributed by atoms with van der Waals surface area (Å²) in [5.41, 5.74) is 2.99. The van der Waals surface area contributed by atoms with Crippen molar-refractivity contribution < 1.29 is 0 Å². The van der Waals surface area contributed by atoms with E-state index in [1.807, 2.05) is 11.3 Å². The number of rotatable bonds is 0. The summed E-state index contributed by atoms with van der Waals surface area (Å²) >= 11 is 1.94. The fourth-order valence-electron chi connectivity index (χ4n) is 2.39. The van der Waals surface area contributed by atoms with Crippen molar-refractivity contribution in [3.63, 3.8) is 0 Å². The average molecular weight is 216 g/mol. The van der Waals surface area contributed by atoms with Crippen LogP contribution in [-0.4, -0.2) is 8.07 Å². The number of thiophene rings is 1. The lowest BCUT2D eigenvalue weighted by atomic mass is 10.1. The molecule has 0 N–H and O–H groups in total. The Balaban J connectivity index is 2.42. The minimum absolute atomic E-state index is 1.31. The Morgan fingerprint density at radius 3 is 2.64 bits per heavy atom. The van der Waals surface area contributed by atoms with Crippen LogP contribution in [0.3, 0.4) is 0 Å². The van der Waals surface area contributed by atoms with E-state index in [2.05, 4.69) is 48.8 Å². The number of benzene rings is 1. The van der Waals surface area contributed by atoms with Gasteiger partial charge >= 0.3 is 0 Å². The second-order valence-electron chi connectivity index (χ2n) is 4.33. The summed E-state index contributed by atoms with van der Waals surface area (Å²) in [6.45, 7) is 4.91. The van der Waals surface area contributed by atoms with Crippen molar-refractivity contribution in [1.29, 1.82) is 0 Å². The van der Waals surface area contributed by atoms with Crippen molar-refractivity contribution >= 4 is 29.1 Å². The molecule has 0 atom stereocenters. The Morgan fingerprint density at radius 1 is 1.00 bits per heavy atom. The van der Waals surface area contributed by atoms with Crippen LogP contribution in [0.1, 0.15) is 0 Å². The van der Waals surface area contributed by atoms with E-state index < -0.39 is 8.07 Å². The van der Waals surface area contributed by atoms with Gasteiger partial charge in [-0.05, 0) is 27.8 Å². The second-order valence-corrected chi connectivity index (χ2v) is 9.90. The predicted octanol–water partition coefficient (Wildman–Crippen LogP) is 2.55. The van der Waals surface area contributed by atoms with Crippen LogP contribution in [-0.2, 0) is 0 Å². The van der Waals surface area contributed by atoms with Gasteiger partial charge in [0.25, 0.3) is 0 Å². The highest BCUT2D eigenvalue weighted by Gasteiger charge is 2.37. The van der Waals surface area contributed by atoms with Crippen molar-refractivity contribution in [3.05, 3.63) is 35.7 Å². The van der Waals surface area contributed by atoms with Gasteiger partial charge in [0.1, 0.15) is 8.07 Å². The Bertz CT molecular complexity index is 497. The van der Waals surface area contributed by atoms with Crippen LogP contribution in [0.25, 0.3) is 11.1 Å². The van der Waals surface area contributed by atoms with Gasteiger partial charge in [-0.25, -0.2) is 0 Å². The summed E-state index contributed by atoms with van der Waals surface area (Å²) in [5.74, 6) is 0. The molecule has 0 amide bonds. The molecule has 3 rings (SSSR count). The van der Waals surface area contributed by atoms with Gasteiger partial charge in [0.15, 0.2) is 0 Å². The molecule has 1 aromatic heterocycles. The molecule has 0 saturated heterocycles. The molecule has 0 nitrogen and oxygen atoms in total. The van der Waals surface area contributed by atoms with E-state index in [-0.39, 0.29) is 0 Å². The smallest absolute Gasteiger partial charge is 0.126 e. The molecule has 0 saturated carbocycles. The number of hydrogen-bond donors (Lipinski definition) is 0. The molecule has 1 aliphatic heterocycles. The molecule has 70 valence electrons. The fraction of sp³-hybridized carbons (Fsp3) is 0.167. The second kappa shape index (κ2) is 2.58. The van der Waals surface area contributed by atoms with Crippen molar-refractivity contribution in [1.82, 2.24) is 0 Å². The Hall–Kier alpha value is -0.863. The summed E-state index contributed by atoms with van der Waals surface area (Å²) in [7, 11) is -1.31. The van der Waals surface area contributed by atoms with Gasteiger partial charge in [-0.1, -0.05) is 37.4 Å². The van der Waals surface area contributed by atoms with Crippen LogP contribution in [0.15, 0.2) is 35.7 Å². The van der Waals surface area contributed by atoms with Crippen LogP contribution < -0.4 is 9.69 Å². The quantitative estimate of drug-likeness (QED) is 0.594. The van der Waals surface area contributed by atoms with Gasteiger partial charge in [-0.3, -0.25) is 0 Å². The molecule has 0 spiro atoms. The Kier molecular flexibility index (Phi) is 1.56. The van der Waals surface area contributed by atoms with Crippen LogP contribution in [0.5, 0.6) is 0 Å². The summed E-state index contributed by atoms with van der Waals surface area (Å²) in [5, 5.41) is 3.84. The SMILES string of the molecule is C[Si]1(C)c2ccccc2-c2ccsc21. The zero-order valence-electron chi connectivity index (χ0n) is 8.37. The summed E-state index contributed by atoms with van der Waals surface area (Å²) in [4.78, 5) is 0. The third-order valence-electron chi connectivity index (χ3n) is 3.12. The molecular formula is C12H12SSi. The Morgan fingerprint density at radius 2 is 1.79 bits per heavy atom. The van der Waals surface area contributed by atoms with Gasteiger partial charge in [0, 0.05) is 4.50 Å². The minimum Gasteiger partial charge on any atom is -0.153 e. The zero-order chi connectivity index (χ0) is 9.76.